The molecular formula is C21H26N6O6S. The third kappa shape index (κ3) is 7.00. The molecule has 34 heavy (non-hydrogen) atoms. The molecule has 3 heterocycles. The number of carbonyl (C=O) groups is 1. The van der Waals surface area contributed by atoms with Gasteiger partial charge in [-0.25, -0.2) is 28.2 Å². The summed E-state index contributed by atoms with van der Waals surface area (Å²) in [5.41, 5.74) is -0.0974. The van der Waals surface area contributed by atoms with E-state index in [1.54, 1.807) is 20.8 Å². The Bertz CT molecular complexity index is 1170. The molecule has 3 rings (SSSR count). The molecule has 13 heteroatoms. The second-order valence-electron chi connectivity index (χ2n) is 8.60. The van der Waals surface area contributed by atoms with Crippen molar-refractivity contribution in [1.29, 1.82) is 5.26 Å². The van der Waals surface area contributed by atoms with E-state index in [4.69, 9.17) is 14.3 Å². The highest BCUT2D eigenvalue weighted by atomic mass is 32.2. The number of hydrogen-bond acceptors (Lipinski definition) is 12. The fourth-order valence-electron chi connectivity index (χ4n) is 3.04. The number of nitrogens with zero attached hydrogens (tertiary/aromatic N) is 5. The molecule has 0 bridgehead atoms. The molecule has 1 saturated heterocycles. The second-order valence-corrected chi connectivity index (χ2v) is 10.6. The molecule has 0 saturated carbocycles. The number of sulfone groups is 1. The number of hydroxylamine groups is 2. The van der Waals surface area contributed by atoms with Gasteiger partial charge in [0.25, 0.3) is 0 Å². The first-order valence-corrected chi connectivity index (χ1v) is 12.3. The SMILES string of the molecule is CC(C)(C)OC(=O)ON1CCC(Oc2ncnc(Nc3ccc(S(C)(=O)=O)nc3)c2C#N)CC1. The van der Waals surface area contributed by atoms with Gasteiger partial charge in [0.2, 0.25) is 5.88 Å². The topological polar surface area (TPSA) is 157 Å². The van der Waals surface area contributed by atoms with Gasteiger partial charge in [0.05, 0.1) is 11.9 Å². The predicted octanol–water partition coefficient (Wildman–Crippen LogP) is 2.60. The summed E-state index contributed by atoms with van der Waals surface area (Å²) in [4.78, 5) is 29.1. The molecule has 0 amide bonds. The van der Waals surface area contributed by atoms with Crippen LogP contribution in [0.15, 0.2) is 29.7 Å². The Morgan fingerprint density at radius 1 is 1.21 bits per heavy atom. The van der Waals surface area contributed by atoms with Gasteiger partial charge >= 0.3 is 6.16 Å². The number of hydrogen-bond donors (Lipinski definition) is 1. The lowest BCUT2D eigenvalue weighted by molar-refractivity contribution is -0.159. The van der Waals surface area contributed by atoms with Crippen LogP contribution in [0.5, 0.6) is 5.88 Å². The molecule has 1 fully saturated rings. The Balaban J connectivity index is 1.62. The van der Waals surface area contributed by atoms with E-state index in [9.17, 15) is 18.5 Å². The van der Waals surface area contributed by atoms with Crippen molar-refractivity contribution in [3.63, 3.8) is 0 Å². The van der Waals surface area contributed by atoms with Crippen LogP contribution >= 0.6 is 0 Å². The van der Waals surface area contributed by atoms with E-state index < -0.39 is 21.6 Å². The van der Waals surface area contributed by atoms with Crippen LogP contribution in [0.4, 0.5) is 16.3 Å². The number of carbonyl (C=O) groups excluding carboxylic acids is 1. The van der Waals surface area contributed by atoms with E-state index in [0.717, 1.165) is 6.26 Å². The molecule has 1 aliphatic rings. The summed E-state index contributed by atoms with van der Waals surface area (Å²) in [6, 6.07) is 4.92. The van der Waals surface area contributed by atoms with Crippen molar-refractivity contribution in [2.45, 2.75) is 50.3 Å². The minimum Gasteiger partial charge on any atom is -0.473 e. The quantitative estimate of drug-likeness (QED) is 0.591. The van der Waals surface area contributed by atoms with Gasteiger partial charge in [0.15, 0.2) is 26.2 Å². The van der Waals surface area contributed by atoms with E-state index in [1.165, 1.54) is 29.7 Å². The molecule has 1 aliphatic heterocycles. The number of aromatic nitrogens is 3. The average molecular weight is 491 g/mol. The Kier molecular flexibility index (Phi) is 7.53. The number of anilines is 2. The molecule has 0 aliphatic carbocycles. The van der Waals surface area contributed by atoms with Gasteiger partial charge in [0.1, 0.15) is 24.1 Å². The molecule has 0 aromatic carbocycles. The third-order valence-corrected chi connectivity index (χ3v) is 5.58. The maximum absolute atomic E-state index is 11.8. The van der Waals surface area contributed by atoms with Crippen LogP contribution in [-0.4, -0.2) is 65.6 Å². The number of nitriles is 1. The van der Waals surface area contributed by atoms with E-state index >= 15 is 0 Å². The lowest BCUT2D eigenvalue weighted by atomic mass is 10.1. The summed E-state index contributed by atoms with van der Waals surface area (Å²) in [6.07, 6.45) is 3.73. The summed E-state index contributed by atoms with van der Waals surface area (Å²) in [5.74, 6) is 0.319. The van der Waals surface area contributed by atoms with Crippen molar-refractivity contribution < 1.29 is 27.5 Å². The van der Waals surface area contributed by atoms with Gasteiger partial charge in [-0.1, -0.05) is 0 Å². The Labute approximate surface area is 197 Å². The summed E-state index contributed by atoms with van der Waals surface area (Å²) < 4.78 is 34.2. The lowest BCUT2D eigenvalue weighted by Crippen LogP contribution is -2.40. The lowest BCUT2D eigenvalue weighted by Gasteiger charge is -2.31. The van der Waals surface area contributed by atoms with Crippen LogP contribution in [0.2, 0.25) is 0 Å². The Morgan fingerprint density at radius 2 is 1.91 bits per heavy atom. The summed E-state index contributed by atoms with van der Waals surface area (Å²) in [6.45, 7) is 6.13. The van der Waals surface area contributed by atoms with Crippen molar-refractivity contribution in [2.24, 2.45) is 0 Å². The molecule has 1 N–H and O–H groups in total. The summed E-state index contributed by atoms with van der Waals surface area (Å²) >= 11 is 0. The maximum atomic E-state index is 11.8. The molecular weight excluding hydrogens is 464 g/mol. The Hall–Kier alpha value is -3.50. The zero-order valence-corrected chi connectivity index (χ0v) is 20.1. The largest absolute Gasteiger partial charge is 0.528 e. The first-order chi connectivity index (χ1) is 15.9. The van der Waals surface area contributed by atoms with Crippen molar-refractivity contribution in [2.75, 3.05) is 24.7 Å². The fraction of sp³-hybridized carbons (Fsp3) is 0.476. The van der Waals surface area contributed by atoms with Crippen molar-refractivity contribution in [3.05, 3.63) is 30.2 Å². The average Bonchev–Trinajstić information content (AvgIpc) is 2.74. The van der Waals surface area contributed by atoms with E-state index in [1.807, 2.05) is 6.07 Å². The van der Waals surface area contributed by atoms with Gasteiger partial charge < -0.3 is 19.6 Å². The molecule has 2 aromatic rings. The number of nitrogens with one attached hydrogen (secondary N) is 1. The molecule has 2 aromatic heterocycles. The van der Waals surface area contributed by atoms with Crippen LogP contribution in [0.25, 0.3) is 0 Å². The molecule has 182 valence electrons. The van der Waals surface area contributed by atoms with E-state index in [-0.39, 0.29) is 28.4 Å². The fourth-order valence-corrected chi connectivity index (χ4v) is 3.60. The highest BCUT2D eigenvalue weighted by Gasteiger charge is 2.27. The van der Waals surface area contributed by atoms with E-state index in [0.29, 0.717) is 31.6 Å². The van der Waals surface area contributed by atoms with Crippen molar-refractivity contribution in [3.8, 4) is 11.9 Å². The number of piperidine rings is 1. The molecule has 0 radical (unpaired) electrons. The highest BCUT2D eigenvalue weighted by Crippen LogP contribution is 2.27. The molecule has 0 spiro atoms. The minimum absolute atomic E-state index is 0.0627. The third-order valence-electron chi connectivity index (χ3n) is 4.58. The van der Waals surface area contributed by atoms with E-state index in [2.05, 4.69) is 20.3 Å². The van der Waals surface area contributed by atoms with Crippen molar-refractivity contribution >= 4 is 27.5 Å². The van der Waals surface area contributed by atoms with Gasteiger partial charge in [-0.15, -0.1) is 5.06 Å². The number of pyridine rings is 1. The first kappa shape index (κ1) is 25.1. The van der Waals surface area contributed by atoms with Crippen LogP contribution < -0.4 is 10.1 Å². The zero-order valence-electron chi connectivity index (χ0n) is 19.3. The van der Waals surface area contributed by atoms with Gasteiger partial charge in [-0.05, 0) is 32.9 Å². The second kappa shape index (κ2) is 10.2. The molecule has 0 unspecified atom stereocenters. The smallest absolute Gasteiger partial charge is 0.473 e. The highest BCUT2D eigenvalue weighted by molar-refractivity contribution is 7.90. The monoisotopic (exact) mass is 490 g/mol. The van der Waals surface area contributed by atoms with Gasteiger partial charge in [-0.2, -0.15) is 5.26 Å². The van der Waals surface area contributed by atoms with Crippen molar-refractivity contribution in [1.82, 2.24) is 20.0 Å². The molecule has 0 atom stereocenters. The van der Waals surface area contributed by atoms with Gasteiger partial charge in [-0.3, -0.25) is 0 Å². The van der Waals surface area contributed by atoms with Gasteiger partial charge in [0, 0.05) is 32.2 Å². The summed E-state index contributed by atoms with van der Waals surface area (Å²) in [5, 5.41) is 14.1. The number of rotatable bonds is 6. The van der Waals surface area contributed by atoms with Crippen LogP contribution in [0, 0.1) is 11.3 Å². The normalized spacial score (nSPS) is 15.3. The predicted molar refractivity (Wildman–Crippen MR) is 120 cm³/mol. The van der Waals surface area contributed by atoms with Crippen LogP contribution in [-0.2, 0) is 19.4 Å². The standard InChI is InChI=1S/C21H26N6O6S/c1-21(2,3)32-20(28)33-27-9-7-15(8-10-27)31-19-16(11-22)18(24-13-25-19)26-14-5-6-17(23-12-14)34(4,29)30/h5-6,12-13,15H,7-10H2,1-4H3,(H,24,25,26). The number of ether oxygens (including phenoxy) is 2. The van der Waals surface area contributed by atoms with Crippen LogP contribution in [0.3, 0.4) is 0 Å². The van der Waals surface area contributed by atoms with Crippen LogP contribution in [0.1, 0.15) is 39.2 Å². The minimum atomic E-state index is -3.42. The summed E-state index contributed by atoms with van der Waals surface area (Å²) in [7, 11) is -3.42. The maximum Gasteiger partial charge on any atom is 0.528 e. The first-order valence-electron chi connectivity index (χ1n) is 10.5. The molecule has 12 nitrogen and oxygen atoms in total. The Morgan fingerprint density at radius 3 is 2.47 bits per heavy atom. The zero-order chi connectivity index (χ0) is 24.9.